The molecule has 0 aliphatic carbocycles. The first-order valence-corrected chi connectivity index (χ1v) is 8.18. The van der Waals surface area contributed by atoms with Crippen molar-refractivity contribution in [3.8, 4) is 0 Å². The van der Waals surface area contributed by atoms with Crippen molar-refractivity contribution in [1.29, 1.82) is 0 Å². The minimum absolute atomic E-state index is 0.0594. The number of esters is 1. The molecule has 0 radical (unpaired) electrons. The normalized spacial score (nSPS) is 23.8. The van der Waals surface area contributed by atoms with E-state index in [1.165, 1.54) is 0 Å². The van der Waals surface area contributed by atoms with E-state index in [0.717, 1.165) is 6.42 Å². The molecule has 1 N–H and O–H groups in total. The van der Waals surface area contributed by atoms with Gasteiger partial charge in [0.2, 0.25) is 0 Å². The maximum Gasteiger partial charge on any atom is 0.322 e. The summed E-state index contributed by atoms with van der Waals surface area (Å²) >= 11 is 0. The lowest BCUT2D eigenvalue weighted by Crippen LogP contribution is -2.57. The van der Waals surface area contributed by atoms with Gasteiger partial charge in [-0.05, 0) is 5.04 Å². The molecular formula is C10H21NO2Si. The lowest BCUT2D eigenvalue weighted by atomic mass is 10.2. The van der Waals surface area contributed by atoms with Crippen LogP contribution >= 0.6 is 0 Å². The summed E-state index contributed by atoms with van der Waals surface area (Å²) in [5, 5.41) is 0.260. The highest BCUT2D eigenvalue weighted by atomic mass is 28.3. The highest BCUT2D eigenvalue weighted by Crippen LogP contribution is 2.34. The number of carbonyl (C=O) groups excluding carboxylic acids is 1. The molecule has 1 saturated heterocycles. The molecule has 0 spiro atoms. The van der Waals surface area contributed by atoms with Crippen molar-refractivity contribution < 1.29 is 9.53 Å². The van der Waals surface area contributed by atoms with Crippen LogP contribution in [0.25, 0.3) is 0 Å². The fourth-order valence-electron chi connectivity index (χ4n) is 1.28. The van der Waals surface area contributed by atoms with Crippen LogP contribution in [0.2, 0.25) is 18.1 Å². The summed E-state index contributed by atoms with van der Waals surface area (Å²) in [5.74, 6) is -0.0742. The van der Waals surface area contributed by atoms with Crippen LogP contribution in [0.4, 0.5) is 0 Å². The molecule has 3 nitrogen and oxygen atoms in total. The van der Waals surface area contributed by atoms with E-state index >= 15 is 0 Å². The van der Waals surface area contributed by atoms with E-state index in [2.05, 4.69) is 38.8 Å². The molecule has 4 heteroatoms. The Balaban J connectivity index is 2.63. The van der Waals surface area contributed by atoms with Gasteiger partial charge in [0.25, 0.3) is 0 Å². The number of rotatable bonds is 2. The number of hydrogen-bond acceptors (Lipinski definition) is 3. The van der Waals surface area contributed by atoms with Gasteiger partial charge in [0.1, 0.15) is 14.3 Å². The molecule has 1 rings (SSSR count). The topological polar surface area (TPSA) is 38.3 Å². The minimum Gasteiger partial charge on any atom is -0.464 e. The first kappa shape index (κ1) is 11.7. The maximum atomic E-state index is 11.3. The van der Waals surface area contributed by atoms with Crippen LogP contribution in [0.3, 0.4) is 0 Å². The average molecular weight is 215 g/mol. The second kappa shape index (κ2) is 3.66. The third kappa shape index (κ3) is 2.36. The Morgan fingerprint density at radius 3 is 2.36 bits per heavy atom. The van der Waals surface area contributed by atoms with Gasteiger partial charge in [0.15, 0.2) is 0 Å². The average Bonchev–Trinajstić information content (AvgIpc) is 2.33. The Morgan fingerprint density at radius 2 is 2.00 bits per heavy atom. The Bertz CT molecular complexity index is 233. The number of carbonyl (C=O) groups is 1. The van der Waals surface area contributed by atoms with Crippen LogP contribution in [0, 0.1) is 0 Å². The van der Waals surface area contributed by atoms with Gasteiger partial charge >= 0.3 is 5.97 Å². The maximum absolute atomic E-state index is 11.3. The highest BCUT2D eigenvalue weighted by Gasteiger charge is 2.40. The molecule has 0 amide bonds. The van der Waals surface area contributed by atoms with Gasteiger partial charge < -0.3 is 9.72 Å². The molecule has 1 aliphatic heterocycles. The molecule has 1 fully saturated rings. The second-order valence-electron chi connectivity index (χ2n) is 5.53. The summed E-state index contributed by atoms with van der Waals surface area (Å²) in [7, 11) is -1.56. The molecule has 1 unspecified atom stereocenters. The Kier molecular flexibility index (Phi) is 3.06. The molecule has 0 aromatic heterocycles. The smallest absolute Gasteiger partial charge is 0.322 e. The van der Waals surface area contributed by atoms with Crippen LogP contribution in [-0.2, 0) is 9.53 Å². The molecular weight excluding hydrogens is 194 g/mol. The van der Waals surface area contributed by atoms with Crippen molar-refractivity contribution in [2.75, 3.05) is 6.61 Å². The second-order valence-corrected chi connectivity index (χ2v) is 10.6. The zero-order chi connectivity index (χ0) is 11.0. The lowest BCUT2D eigenvalue weighted by Gasteiger charge is -2.38. The number of cyclic esters (lactones) is 1. The van der Waals surface area contributed by atoms with Gasteiger partial charge in [0, 0.05) is 6.42 Å². The van der Waals surface area contributed by atoms with Crippen LogP contribution < -0.4 is 4.98 Å². The van der Waals surface area contributed by atoms with Crippen LogP contribution in [0.15, 0.2) is 0 Å². The summed E-state index contributed by atoms with van der Waals surface area (Å²) < 4.78 is 4.94. The number of nitrogens with one attached hydrogen (secondary N) is 1. The van der Waals surface area contributed by atoms with Crippen molar-refractivity contribution >= 4 is 14.2 Å². The number of ether oxygens (including phenoxy) is 1. The molecule has 0 aromatic rings. The molecule has 1 heterocycles. The van der Waals surface area contributed by atoms with Gasteiger partial charge in [-0.2, -0.15) is 0 Å². The van der Waals surface area contributed by atoms with Crippen molar-refractivity contribution in [2.24, 2.45) is 0 Å². The Hall–Kier alpha value is -0.353. The molecule has 1 atom stereocenters. The van der Waals surface area contributed by atoms with Crippen LogP contribution in [0.5, 0.6) is 0 Å². The SMILES string of the molecule is CC(C)(C)[Si](C)(C)NC1CCOC1=O. The number of hydrogen-bond donors (Lipinski definition) is 1. The summed E-state index contributed by atoms with van der Waals surface area (Å²) in [5.41, 5.74) is 0. The summed E-state index contributed by atoms with van der Waals surface area (Å²) in [6, 6.07) is -0.0594. The fourth-order valence-corrected chi connectivity index (χ4v) is 2.85. The predicted molar refractivity (Wildman–Crippen MR) is 59.7 cm³/mol. The van der Waals surface area contributed by atoms with E-state index in [1.54, 1.807) is 0 Å². The molecule has 1 aliphatic rings. The highest BCUT2D eigenvalue weighted by molar-refractivity contribution is 6.78. The van der Waals surface area contributed by atoms with E-state index in [-0.39, 0.29) is 17.0 Å². The fraction of sp³-hybridized carbons (Fsp3) is 0.900. The van der Waals surface area contributed by atoms with E-state index in [4.69, 9.17) is 4.74 Å². The van der Waals surface area contributed by atoms with E-state index < -0.39 is 8.24 Å². The quantitative estimate of drug-likeness (QED) is 0.565. The molecule has 0 aromatic carbocycles. The van der Waals surface area contributed by atoms with Gasteiger partial charge in [-0.25, -0.2) is 0 Å². The molecule has 14 heavy (non-hydrogen) atoms. The lowest BCUT2D eigenvalue weighted by molar-refractivity contribution is -0.139. The standard InChI is InChI=1S/C10H21NO2Si/c1-10(2,3)14(4,5)11-8-6-7-13-9(8)12/h8,11H,6-7H2,1-5H3. The van der Waals surface area contributed by atoms with Crippen molar-refractivity contribution in [2.45, 2.75) is 51.4 Å². The predicted octanol–water partition coefficient (Wildman–Crippen LogP) is 1.90. The summed E-state index contributed by atoms with van der Waals surface area (Å²) in [6.45, 7) is 11.8. The third-order valence-electron chi connectivity index (χ3n) is 3.35. The van der Waals surface area contributed by atoms with Crippen molar-refractivity contribution in [3.63, 3.8) is 0 Å². The Labute approximate surface area is 87.3 Å². The molecule has 0 bridgehead atoms. The summed E-state index contributed by atoms with van der Waals surface area (Å²) in [4.78, 5) is 14.8. The molecule has 82 valence electrons. The van der Waals surface area contributed by atoms with E-state index in [1.807, 2.05) is 0 Å². The first-order chi connectivity index (χ1) is 6.24. The van der Waals surface area contributed by atoms with E-state index in [9.17, 15) is 4.79 Å². The zero-order valence-electron chi connectivity index (χ0n) is 9.81. The van der Waals surface area contributed by atoms with Gasteiger partial charge in [-0.3, -0.25) is 4.79 Å². The van der Waals surface area contributed by atoms with E-state index in [0.29, 0.717) is 6.61 Å². The zero-order valence-corrected chi connectivity index (χ0v) is 10.8. The third-order valence-corrected chi connectivity index (χ3v) is 8.17. The van der Waals surface area contributed by atoms with Crippen LogP contribution in [0.1, 0.15) is 27.2 Å². The van der Waals surface area contributed by atoms with Crippen molar-refractivity contribution in [3.05, 3.63) is 0 Å². The van der Waals surface area contributed by atoms with Gasteiger partial charge in [-0.15, -0.1) is 0 Å². The largest absolute Gasteiger partial charge is 0.464 e. The molecule has 0 saturated carbocycles. The van der Waals surface area contributed by atoms with Gasteiger partial charge in [-0.1, -0.05) is 33.9 Å². The van der Waals surface area contributed by atoms with Crippen molar-refractivity contribution in [1.82, 2.24) is 4.98 Å². The van der Waals surface area contributed by atoms with Crippen LogP contribution in [-0.4, -0.2) is 26.9 Å². The van der Waals surface area contributed by atoms with Gasteiger partial charge in [0.05, 0.1) is 6.61 Å². The first-order valence-electron chi connectivity index (χ1n) is 5.18. The monoisotopic (exact) mass is 215 g/mol. The minimum atomic E-state index is -1.56. The Morgan fingerprint density at radius 1 is 1.43 bits per heavy atom. The summed E-state index contributed by atoms with van der Waals surface area (Å²) in [6.07, 6.45) is 0.825.